The van der Waals surface area contributed by atoms with E-state index in [0.29, 0.717) is 19.3 Å². The van der Waals surface area contributed by atoms with Crippen LogP contribution in [-0.4, -0.2) is 37.2 Å². The topological polar surface area (TPSA) is 78.9 Å². The van der Waals surface area contributed by atoms with Gasteiger partial charge in [-0.15, -0.1) is 0 Å². The Hall–Kier alpha value is -3.15. The average Bonchev–Trinajstić information content (AvgIpc) is 3.43. The van der Waals surface area contributed by atoms with E-state index in [-0.39, 0.29) is 31.1 Å². The normalized spacial score (nSPS) is 12.5. The average molecular weight is 1080 g/mol. The first-order valence-electron chi connectivity index (χ1n) is 33.4. The maximum atomic E-state index is 12.9. The fourth-order valence-electron chi connectivity index (χ4n) is 9.74. The van der Waals surface area contributed by atoms with Crippen molar-refractivity contribution in [2.24, 2.45) is 0 Å². The summed E-state index contributed by atoms with van der Waals surface area (Å²) < 4.78 is 16.9. The van der Waals surface area contributed by atoms with Gasteiger partial charge in [-0.1, -0.05) is 325 Å². The van der Waals surface area contributed by atoms with Gasteiger partial charge in [-0.25, -0.2) is 0 Å². The van der Waals surface area contributed by atoms with Gasteiger partial charge >= 0.3 is 17.9 Å². The van der Waals surface area contributed by atoms with Crippen LogP contribution in [0.25, 0.3) is 0 Å². The van der Waals surface area contributed by atoms with Crippen LogP contribution in [0.1, 0.15) is 342 Å². The zero-order valence-electron chi connectivity index (χ0n) is 51.2. The number of carbonyl (C=O) groups is 3. The molecule has 1 atom stereocenters. The Balaban J connectivity index is 4.28. The Morgan fingerprint density at radius 1 is 0.273 bits per heavy atom. The smallest absolute Gasteiger partial charge is 0.306 e. The van der Waals surface area contributed by atoms with Crippen LogP contribution in [0, 0.1) is 0 Å². The van der Waals surface area contributed by atoms with Crippen LogP contribution < -0.4 is 0 Å². The summed E-state index contributed by atoms with van der Waals surface area (Å²) in [4.78, 5) is 38.3. The summed E-state index contributed by atoms with van der Waals surface area (Å²) in [5.41, 5.74) is 0. The predicted molar refractivity (Wildman–Crippen MR) is 335 cm³/mol. The lowest BCUT2D eigenvalue weighted by atomic mass is 10.0. The minimum atomic E-state index is -0.776. The molecule has 0 rings (SSSR count). The molecule has 0 aliphatic carbocycles. The molecular weight excluding hydrogens is 949 g/mol. The van der Waals surface area contributed by atoms with Crippen LogP contribution in [0.4, 0.5) is 0 Å². The molecule has 6 heteroatoms. The lowest BCUT2D eigenvalue weighted by molar-refractivity contribution is -0.167. The van der Waals surface area contributed by atoms with Crippen LogP contribution in [-0.2, 0) is 28.6 Å². The minimum absolute atomic E-state index is 0.0727. The van der Waals surface area contributed by atoms with Gasteiger partial charge in [0.05, 0.1) is 0 Å². The molecule has 0 amide bonds. The number of carbonyl (C=O) groups excluding carboxylic acids is 3. The molecule has 1 unspecified atom stereocenters. The number of esters is 3. The Kier molecular flexibility index (Phi) is 62.7. The Bertz CT molecular complexity index is 1420. The molecule has 0 bridgehead atoms. The standard InChI is InChI=1S/C71H126O6/c1-4-7-10-13-16-19-22-25-27-29-31-33-34-35-36-37-38-39-41-42-44-46-49-52-55-58-61-64-70(73)76-67-68(66-75-69(72)63-60-57-54-51-48-24-21-18-15-12-9-6-3)77-71(74)65-62-59-56-53-50-47-45-43-40-32-30-28-26-23-20-17-14-11-8-5-2/h7,10,16,19,25,27,31,33,35-36,38-39,68H,4-6,8-9,11-15,17-18,20-24,26,28-30,32,34,37,40-67H2,1-3H3/b10-7-,19-16-,27-25-,33-31-,36-35-,39-38-. The first-order chi connectivity index (χ1) is 38.0. The van der Waals surface area contributed by atoms with E-state index in [1.54, 1.807) is 0 Å². The molecule has 0 aromatic rings. The lowest BCUT2D eigenvalue weighted by Crippen LogP contribution is -2.30. The fourth-order valence-corrected chi connectivity index (χ4v) is 9.74. The second-order valence-electron chi connectivity index (χ2n) is 22.4. The van der Waals surface area contributed by atoms with Crippen LogP contribution in [0.2, 0.25) is 0 Å². The van der Waals surface area contributed by atoms with Crippen molar-refractivity contribution in [3.63, 3.8) is 0 Å². The highest BCUT2D eigenvalue weighted by molar-refractivity contribution is 5.71. The Morgan fingerprint density at radius 3 is 0.792 bits per heavy atom. The number of allylic oxidation sites excluding steroid dienone is 12. The zero-order chi connectivity index (χ0) is 55.7. The predicted octanol–water partition coefficient (Wildman–Crippen LogP) is 22.9. The SMILES string of the molecule is CC/C=C\C/C=C\C/C=C\C/C=C\C/C=C\C/C=C\CCCCCCCCCCC(=O)OCC(COC(=O)CCCCCCCCCCCCCC)OC(=O)CCCCCCCCCCCCCCCCCCCCCC. The molecule has 0 heterocycles. The zero-order valence-corrected chi connectivity index (χ0v) is 51.2. The molecule has 446 valence electrons. The molecule has 0 aromatic heterocycles. The van der Waals surface area contributed by atoms with Crippen molar-refractivity contribution in [1.29, 1.82) is 0 Å². The second kappa shape index (κ2) is 65.4. The van der Waals surface area contributed by atoms with Gasteiger partial charge in [0.1, 0.15) is 13.2 Å². The van der Waals surface area contributed by atoms with Gasteiger partial charge in [0.25, 0.3) is 0 Å². The van der Waals surface area contributed by atoms with Crippen molar-refractivity contribution in [2.75, 3.05) is 13.2 Å². The third-order valence-corrected chi connectivity index (χ3v) is 14.7. The number of ether oxygens (including phenoxy) is 3. The van der Waals surface area contributed by atoms with Gasteiger partial charge in [-0.2, -0.15) is 0 Å². The van der Waals surface area contributed by atoms with Crippen molar-refractivity contribution in [1.82, 2.24) is 0 Å². The molecule has 0 aliphatic rings. The van der Waals surface area contributed by atoms with Gasteiger partial charge in [-0.05, 0) is 70.6 Å². The molecule has 77 heavy (non-hydrogen) atoms. The van der Waals surface area contributed by atoms with Crippen molar-refractivity contribution in [2.45, 2.75) is 348 Å². The summed E-state index contributed by atoms with van der Waals surface area (Å²) in [5, 5.41) is 0. The van der Waals surface area contributed by atoms with Gasteiger partial charge in [0.2, 0.25) is 0 Å². The number of rotatable bonds is 61. The van der Waals surface area contributed by atoms with Crippen molar-refractivity contribution in [3.8, 4) is 0 Å². The molecule has 0 spiro atoms. The summed E-state index contributed by atoms with van der Waals surface area (Å²) in [6.07, 6.45) is 84.8. The van der Waals surface area contributed by atoms with E-state index in [1.165, 1.54) is 199 Å². The molecule has 0 aromatic carbocycles. The summed E-state index contributed by atoms with van der Waals surface area (Å²) in [6, 6.07) is 0. The van der Waals surface area contributed by atoms with Crippen LogP contribution in [0.15, 0.2) is 72.9 Å². The molecule has 0 N–H and O–H groups in total. The van der Waals surface area contributed by atoms with E-state index in [0.717, 1.165) is 103 Å². The summed E-state index contributed by atoms with van der Waals surface area (Å²) in [5.74, 6) is -0.861. The van der Waals surface area contributed by atoms with Crippen molar-refractivity contribution in [3.05, 3.63) is 72.9 Å². The van der Waals surface area contributed by atoms with Crippen molar-refractivity contribution < 1.29 is 28.6 Å². The molecular formula is C71H126O6. The molecule has 6 nitrogen and oxygen atoms in total. The van der Waals surface area contributed by atoms with E-state index in [4.69, 9.17) is 14.2 Å². The monoisotopic (exact) mass is 1070 g/mol. The maximum Gasteiger partial charge on any atom is 0.306 e. The largest absolute Gasteiger partial charge is 0.462 e. The summed E-state index contributed by atoms with van der Waals surface area (Å²) in [7, 11) is 0. The minimum Gasteiger partial charge on any atom is -0.462 e. The highest BCUT2D eigenvalue weighted by atomic mass is 16.6. The van der Waals surface area contributed by atoms with Crippen LogP contribution in [0.5, 0.6) is 0 Å². The van der Waals surface area contributed by atoms with Crippen molar-refractivity contribution >= 4 is 17.9 Å². The van der Waals surface area contributed by atoms with E-state index < -0.39 is 6.10 Å². The van der Waals surface area contributed by atoms with Crippen LogP contribution >= 0.6 is 0 Å². The highest BCUT2D eigenvalue weighted by Crippen LogP contribution is 2.18. The molecule has 0 aliphatic heterocycles. The van der Waals surface area contributed by atoms with E-state index >= 15 is 0 Å². The molecule has 0 saturated carbocycles. The first-order valence-corrected chi connectivity index (χ1v) is 33.4. The van der Waals surface area contributed by atoms with Gasteiger partial charge < -0.3 is 14.2 Å². The number of hydrogen-bond acceptors (Lipinski definition) is 6. The molecule has 0 saturated heterocycles. The first kappa shape index (κ1) is 73.8. The lowest BCUT2D eigenvalue weighted by Gasteiger charge is -2.18. The maximum absolute atomic E-state index is 12.9. The summed E-state index contributed by atoms with van der Waals surface area (Å²) in [6.45, 7) is 6.57. The van der Waals surface area contributed by atoms with E-state index in [2.05, 4.69) is 93.7 Å². The number of unbranched alkanes of at least 4 members (excludes halogenated alkanes) is 38. The van der Waals surface area contributed by atoms with Gasteiger partial charge in [-0.3, -0.25) is 14.4 Å². The van der Waals surface area contributed by atoms with Crippen LogP contribution in [0.3, 0.4) is 0 Å². The Labute approximate surface area is 478 Å². The van der Waals surface area contributed by atoms with Gasteiger partial charge in [0, 0.05) is 19.3 Å². The third kappa shape index (κ3) is 63.6. The second-order valence-corrected chi connectivity index (χ2v) is 22.4. The Morgan fingerprint density at radius 2 is 0.506 bits per heavy atom. The van der Waals surface area contributed by atoms with E-state index in [9.17, 15) is 14.4 Å². The van der Waals surface area contributed by atoms with E-state index in [1.807, 2.05) is 0 Å². The quantitative estimate of drug-likeness (QED) is 0.0261. The summed E-state index contributed by atoms with van der Waals surface area (Å²) >= 11 is 0. The highest BCUT2D eigenvalue weighted by Gasteiger charge is 2.19. The number of hydrogen-bond donors (Lipinski definition) is 0. The third-order valence-electron chi connectivity index (χ3n) is 14.7. The fraction of sp³-hybridized carbons (Fsp3) is 0.789. The molecule has 0 fully saturated rings. The molecule has 0 radical (unpaired) electrons. The van der Waals surface area contributed by atoms with Gasteiger partial charge in [0.15, 0.2) is 6.10 Å².